The summed E-state index contributed by atoms with van der Waals surface area (Å²) >= 11 is 0. The normalized spacial score (nSPS) is 10.5. The topological polar surface area (TPSA) is 114 Å². The van der Waals surface area contributed by atoms with Crippen LogP contribution in [-0.2, 0) is 17.6 Å². The Labute approximate surface area is 149 Å². The molecule has 2 aromatic carbocycles. The number of benzene rings is 2. The molecule has 26 heavy (non-hydrogen) atoms. The van der Waals surface area contributed by atoms with Gasteiger partial charge in [0.15, 0.2) is 5.82 Å². The van der Waals surface area contributed by atoms with Crippen LogP contribution in [0.3, 0.4) is 0 Å². The summed E-state index contributed by atoms with van der Waals surface area (Å²) in [6.07, 6.45) is 0.853. The van der Waals surface area contributed by atoms with E-state index in [0.717, 1.165) is 12.0 Å². The molecule has 0 saturated carbocycles. The molecular weight excluding hydrogens is 334 g/mol. The summed E-state index contributed by atoms with van der Waals surface area (Å²) < 4.78 is 0. The fourth-order valence-electron chi connectivity index (χ4n) is 2.44. The van der Waals surface area contributed by atoms with Gasteiger partial charge in [0.05, 0.1) is 11.3 Å². The molecule has 1 aromatic heterocycles. The lowest BCUT2D eigenvalue weighted by molar-refractivity contribution is -0.384. The number of H-pyrrole nitrogens is 1. The van der Waals surface area contributed by atoms with Crippen molar-refractivity contribution in [2.45, 2.75) is 12.8 Å². The van der Waals surface area contributed by atoms with Crippen LogP contribution in [0.5, 0.6) is 0 Å². The quantitative estimate of drug-likeness (QED) is 0.501. The Bertz CT molecular complexity index is 891. The second kappa shape index (κ2) is 8.02. The summed E-state index contributed by atoms with van der Waals surface area (Å²) in [6, 6.07) is 15.8. The van der Waals surface area contributed by atoms with Crippen molar-refractivity contribution in [2.24, 2.45) is 0 Å². The molecule has 3 rings (SSSR count). The van der Waals surface area contributed by atoms with E-state index in [1.165, 1.54) is 12.1 Å². The van der Waals surface area contributed by atoms with Crippen molar-refractivity contribution in [3.05, 3.63) is 76.1 Å². The number of hydrogen-bond acceptors (Lipinski definition) is 5. The summed E-state index contributed by atoms with van der Waals surface area (Å²) in [7, 11) is 0. The van der Waals surface area contributed by atoms with Gasteiger partial charge in [-0.15, -0.1) is 0 Å². The zero-order chi connectivity index (χ0) is 18.4. The first-order valence-electron chi connectivity index (χ1n) is 8.08. The van der Waals surface area contributed by atoms with Crippen LogP contribution in [0.2, 0.25) is 0 Å². The number of hydrogen-bond donors (Lipinski definition) is 2. The first kappa shape index (κ1) is 17.3. The predicted octanol–water partition coefficient (Wildman–Crippen LogP) is 2.28. The average Bonchev–Trinajstić information content (AvgIpc) is 3.11. The molecule has 3 aromatic rings. The smallest absolute Gasteiger partial charge is 0.269 e. The van der Waals surface area contributed by atoms with Gasteiger partial charge in [0.1, 0.15) is 5.82 Å². The number of aromatic nitrogens is 3. The summed E-state index contributed by atoms with van der Waals surface area (Å²) in [5.41, 5.74) is 1.80. The van der Waals surface area contributed by atoms with Gasteiger partial charge in [-0.2, -0.15) is 5.10 Å². The van der Waals surface area contributed by atoms with E-state index in [1.54, 1.807) is 12.1 Å². The van der Waals surface area contributed by atoms with Crippen LogP contribution in [0.1, 0.15) is 11.4 Å². The number of nitrogens with zero attached hydrogens (tertiary/aromatic N) is 3. The van der Waals surface area contributed by atoms with Gasteiger partial charge < -0.3 is 5.32 Å². The molecule has 0 fully saturated rings. The first-order chi connectivity index (χ1) is 12.6. The standard InChI is InChI=1S/C18H17N5O3/c24-17(19-11-10-13-4-2-1-3-5-13)12-16-20-18(22-21-16)14-6-8-15(9-7-14)23(25)26/h1-9H,10-12H2,(H,19,24)(H,20,21,22). The monoisotopic (exact) mass is 351 g/mol. The van der Waals surface area contributed by atoms with Crippen LogP contribution in [0.15, 0.2) is 54.6 Å². The molecule has 0 bridgehead atoms. The van der Waals surface area contributed by atoms with E-state index < -0.39 is 4.92 Å². The van der Waals surface area contributed by atoms with E-state index >= 15 is 0 Å². The fourth-order valence-corrected chi connectivity index (χ4v) is 2.44. The molecule has 2 N–H and O–H groups in total. The van der Waals surface area contributed by atoms with Crippen LogP contribution >= 0.6 is 0 Å². The van der Waals surface area contributed by atoms with Crippen LogP contribution in [0.4, 0.5) is 5.69 Å². The number of carbonyl (C=O) groups excluding carboxylic acids is 1. The van der Waals surface area contributed by atoms with Gasteiger partial charge in [0.2, 0.25) is 5.91 Å². The zero-order valence-corrected chi connectivity index (χ0v) is 13.9. The maximum absolute atomic E-state index is 12.0. The second-order valence-corrected chi connectivity index (χ2v) is 5.67. The third-order valence-electron chi connectivity index (χ3n) is 3.77. The Morgan fingerprint density at radius 3 is 2.54 bits per heavy atom. The average molecular weight is 351 g/mol. The summed E-state index contributed by atoms with van der Waals surface area (Å²) in [6.45, 7) is 0.548. The molecule has 0 aliphatic carbocycles. The molecule has 0 aliphatic heterocycles. The van der Waals surface area contributed by atoms with E-state index in [0.29, 0.717) is 23.8 Å². The van der Waals surface area contributed by atoms with Gasteiger partial charge >= 0.3 is 0 Å². The third-order valence-corrected chi connectivity index (χ3v) is 3.77. The molecule has 132 valence electrons. The molecular formula is C18H17N5O3. The summed E-state index contributed by atoms with van der Waals surface area (Å²) in [5, 5.41) is 20.3. The molecule has 1 heterocycles. The number of rotatable bonds is 7. The Morgan fingerprint density at radius 1 is 1.12 bits per heavy atom. The molecule has 0 radical (unpaired) electrons. The van der Waals surface area contributed by atoms with Gasteiger partial charge in [0, 0.05) is 24.2 Å². The molecule has 8 nitrogen and oxygen atoms in total. The van der Waals surface area contributed by atoms with Crippen molar-refractivity contribution >= 4 is 11.6 Å². The highest BCUT2D eigenvalue weighted by Crippen LogP contribution is 2.19. The van der Waals surface area contributed by atoms with Crippen molar-refractivity contribution in [1.82, 2.24) is 20.5 Å². The predicted molar refractivity (Wildman–Crippen MR) is 95.3 cm³/mol. The van der Waals surface area contributed by atoms with Crippen molar-refractivity contribution in [3.8, 4) is 11.4 Å². The number of nitro groups is 1. The van der Waals surface area contributed by atoms with Gasteiger partial charge in [0.25, 0.3) is 5.69 Å². The number of amides is 1. The maximum Gasteiger partial charge on any atom is 0.269 e. The Morgan fingerprint density at radius 2 is 1.85 bits per heavy atom. The minimum absolute atomic E-state index is 0.00213. The SMILES string of the molecule is O=C(Cc1nc(-c2ccc([N+](=O)[O-])cc2)n[nH]1)NCCc1ccccc1. The Hall–Kier alpha value is -3.55. The van der Waals surface area contributed by atoms with Crippen molar-refractivity contribution < 1.29 is 9.72 Å². The van der Waals surface area contributed by atoms with Crippen molar-refractivity contribution in [1.29, 1.82) is 0 Å². The zero-order valence-electron chi connectivity index (χ0n) is 13.9. The Balaban J connectivity index is 1.52. The van der Waals surface area contributed by atoms with Gasteiger partial charge in [-0.1, -0.05) is 30.3 Å². The van der Waals surface area contributed by atoms with Crippen LogP contribution in [0, 0.1) is 10.1 Å². The fraction of sp³-hybridized carbons (Fsp3) is 0.167. The number of carbonyl (C=O) groups is 1. The van der Waals surface area contributed by atoms with Gasteiger partial charge in [-0.05, 0) is 24.1 Å². The van der Waals surface area contributed by atoms with Crippen molar-refractivity contribution in [2.75, 3.05) is 6.54 Å². The molecule has 0 saturated heterocycles. The van der Waals surface area contributed by atoms with Gasteiger partial charge in [-0.3, -0.25) is 20.0 Å². The largest absolute Gasteiger partial charge is 0.355 e. The molecule has 0 unspecified atom stereocenters. The second-order valence-electron chi connectivity index (χ2n) is 5.67. The number of nitrogens with one attached hydrogen (secondary N) is 2. The van der Waals surface area contributed by atoms with Crippen LogP contribution in [-0.4, -0.2) is 32.6 Å². The molecule has 0 atom stereocenters. The van der Waals surface area contributed by atoms with E-state index in [4.69, 9.17) is 0 Å². The number of aromatic amines is 1. The highest BCUT2D eigenvalue weighted by Gasteiger charge is 2.11. The van der Waals surface area contributed by atoms with Crippen molar-refractivity contribution in [3.63, 3.8) is 0 Å². The Kier molecular flexibility index (Phi) is 5.33. The van der Waals surface area contributed by atoms with Crippen LogP contribution < -0.4 is 5.32 Å². The third kappa shape index (κ3) is 4.50. The molecule has 0 aliphatic rings. The first-order valence-corrected chi connectivity index (χ1v) is 8.08. The number of non-ortho nitro benzene ring substituents is 1. The van der Waals surface area contributed by atoms with Gasteiger partial charge in [-0.25, -0.2) is 4.98 Å². The van der Waals surface area contributed by atoms with E-state index in [1.807, 2.05) is 30.3 Å². The lowest BCUT2D eigenvalue weighted by atomic mass is 10.1. The highest BCUT2D eigenvalue weighted by molar-refractivity contribution is 5.77. The summed E-state index contributed by atoms with van der Waals surface area (Å²) in [4.78, 5) is 26.5. The molecule has 1 amide bonds. The van der Waals surface area contributed by atoms with E-state index in [9.17, 15) is 14.9 Å². The lowest BCUT2D eigenvalue weighted by Crippen LogP contribution is -2.27. The summed E-state index contributed by atoms with van der Waals surface area (Å²) in [5.74, 6) is 0.690. The highest BCUT2D eigenvalue weighted by atomic mass is 16.6. The maximum atomic E-state index is 12.0. The minimum Gasteiger partial charge on any atom is -0.355 e. The molecule has 8 heteroatoms. The van der Waals surface area contributed by atoms with E-state index in [2.05, 4.69) is 20.5 Å². The minimum atomic E-state index is -0.465. The van der Waals surface area contributed by atoms with E-state index in [-0.39, 0.29) is 18.0 Å². The molecule has 0 spiro atoms. The van der Waals surface area contributed by atoms with Crippen LogP contribution in [0.25, 0.3) is 11.4 Å². The number of nitro benzene ring substituents is 1. The lowest BCUT2D eigenvalue weighted by Gasteiger charge is -2.03.